The molecule has 3 fully saturated rings. The lowest BCUT2D eigenvalue weighted by Gasteiger charge is -2.46. The van der Waals surface area contributed by atoms with Gasteiger partial charge < -0.3 is 24.6 Å². The van der Waals surface area contributed by atoms with Crippen LogP contribution in [0.2, 0.25) is 5.02 Å². The second kappa shape index (κ2) is 8.36. The summed E-state index contributed by atoms with van der Waals surface area (Å²) in [4.78, 5) is 32.1. The number of likely N-dealkylation sites (tertiary alicyclic amines) is 2. The molecule has 162 valence electrons. The largest absolute Gasteiger partial charge is 0.456 e. The minimum absolute atomic E-state index is 0.00863. The van der Waals surface area contributed by atoms with Gasteiger partial charge in [0.25, 0.3) is 0 Å². The van der Waals surface area contributed by atoms with E-state index in [0.29, 0.717) is 48.6 Å². The summed E-state index contributed by atoms with van der Waals surface area (Å²) in [6.45, 7) is 2.64. The van der Waals surface area contributed by atoms with E-state index < -0.39 is 0 Å². The molecule has 3 aliphatic rings. The molecule has 0 radical (unpaired) electrons. The predicted molar refractivity (Wildman–Crippen MR) is 113 cm³/mol. The van der Waals surface area contributed by atoms with Crippen LogP contribution in [0.25, 0.3) is 0 Å². The molecule has 0 bridgehead atoms. The molecule has 1 N–H and O–H groups in total. The maximum atomic E-state index is 12.9. The number of urea groups is 1. The van der Waals surface area contributed by atoms with Gasteiger partial charge in [-0.1, -0.05) is 23.7 Å². The third-order valence-corrected chi connectivity index (χ3v) is 6.22. The number of carbonyl (C=O) groups excluding carboxylic acids is 2. The van der Waals surface area contributed by atoms with Gasteiger partial charge >= 0.3 is 6.03 Å². The van der Waals surface area contributed by atoms with Crippen molar-refractivity contribution in [3.8, 4) is 11.5 Å². The topological polar surface area (TPSA) is 84.0 Å². The molecule has 3 amide bonds. The van der Waals surface area contributed by atoms with E-state index in [1.807, 2.05) is 34.1 Å². The number of halogens is 1. The molecule has 5 rings (SSSR count). The summed E-state index contributed by atoms with van der Waals surface area (Å²) in [7, 11) is 0. The van der Waals surface area contributed by atoms with Crippen molar-refractivity contribution in [2.75, 3.05) is 32.8 Å². The first-order valence-electron chi connectivity index (χ1n) is 10.4. The van der Waals surface area contributed by atoms with E-state index in [-0.39, 0.29) is 30.7 Å². The van der Waals surface area contributed by atoms with E-state index in [2.05, 4.69) is 10.3 Å². The van der Waals surface area contributed by atoms with E-state index in [0.717, 1.165) is 6.42 Å². The summed E-state index contributed by atoms with van der Waals surface area (Å²) >= 11 is 5.94. The fraction of sp³-hybridized carbons (Fsp3) is 0.409. The standard InChI is InChI=1S/C22H23ClN4O4/c23-16-7-18(9-24-8-16)31-17-3-1-14(2-4-17)15-10-27(11-15)22(29)26-6-5-20-19(12-26)25-21(28)13-30-20/h1-4,7-9,15,19-20H,5-6,10-13H2,(H,25,28)/t19-,20?/m1/s1. The minimum atomic E-state index is -0.113. The smallest absolute Gasteiger partial charge is 0.320 e. The molecule has 3 aliphatic heterocycles. The first kappa shape index (κ1) is 20.1. The Morgan fingerprint density at radius 1 is 1.13 bits per heavy atom. The van der Waals surface area contributed by atoms with Crippen LogP contribution >= 0.6 is 11.6 Å². The highest BCUT2D eigenvalue weighted by molar-refractivity contribution is 6.30. The molecule has 31 heavy (non-hydrogen) atoms. The van der Waals surface area contributed by atoms with Crippen LogP contribution in [0.15, 0.2) is 42.7 Å². The molecule has 2 atom stereocenters. The number of nitrogens with one attached hydrogen (secondary N) is 1. The van der Waals surface area contributed by atoms with Gasteiger partial charge in [0.1, 0.15) is 18.1 Å². The molecule has 1 unspecified atom stereocenters. The number of pyridine rings is 1. The van der Waals surface area contributed by atoms with Gasteiger partial charge in [-0.05, 0) is 24.1 Å². The number of ether oxygens (including phenoxy) is 2. The molecule has 1 aromatic heterocycles. The fourth-order valence-corrected chi connectivity index (χ4v) is 4.48. The highest BCUT2D eigenvalue weighted by Crippen LogP contribution is 2.31. The van der Waals surface area contributed by atoms with Crippen LogP contribution in [0.4, 0.5) is 4.79 Å². The first-order valence-corrected chi connectivity index (χ1v) is 10.8. The number of benzene rings is 1. The number of hydrogen-bond acceptors (Lipinski definition) is 5. The normalized spacial score (nSPS) is 23.6. The average molecular weight is 443 g/mol. The van der Waals surface area contributed by atoms with Crippen molar-refractivity contribution in [2.45, 2.75) is 24.5 Å². The molecular formula is C22H23ClN4O4. The molecule has 1 aromatic carbocycles. The number of nitrogens with zero attached hydrogens (tertiary/aromatic N) is 3. The van der Waals surface area contributed by atoms with Gasteiger partial charge in [0.05, 0.1) is 23.4 Å². The predicted octanol–water partition coefficient (Wildman–Crippen LogP) is 2.64. The van der Waals surface area contributed by atoms with E-state index >= 15 is 0 Å². The van der Waals surface area contributed by atoms with Crippen molar-refractivity contribution in [1.82, 2.24) is 20.1 Å². The van der Waals surface area contributed by atoms with Crippen LogP contribution in [0.3, 0.4) is 0 Å². The van der Waals surface area contributed by atoms with Crippen LogP contribution in [0.1, 0.15) is 17.9 Å². The summed E-state index contributed by atoms with van der Waals surface area (Å²) in [6.07, 6.45) is 3.93. The van der Waals surface area contributed by atoms with Gasteiger partial charge in [0.2, 0.25) is 5.91 Å². The minimum Gasteiger partial charge on any atom is -0.456 e. The average Bonchev–Trinajstić information content (AvgIpc) is 2.73. The number of piperidine rings is 1. The van der Waals surface area contributed by atoms with Gasteiger partial charge in [-0.3, -0.25) is 9.78 Å². The zero-order valence-electron chi connectivity index (χ0n) is 16.9. The lowest BCUT2D eigenvalue weighted by molar-refractivity contribution is -0.139. The summed E-state index contributed by atoms with van der Waals surface area (Å²) in [5.41, 5.74) is 1.17. The molecule has 8 nitrogen and oxygen atoms in total. The van der Waals surface area contributed by atoms with Crippen molar-refractivity contribution in [3.63, 3.8) is 0 Å². The van der Waals surface area contributed by atoms with E-state index in [1.54, 1.807) is 18.5 Å². The molecule has 9 heteroatoms. The SMILES string of the molecule is O=C1COC2CCN(C(=O)N3CC(c4ccc(Oc5cncc(Cl)c5)cc4)C3)C[C@H]2N1. The molecule has 0 saturated carbocycles. The molecular weight excluding hydrogens is 420 g/mol. The van der Waals surface area contributed by atoms with Gasteiger partial charge in [-0.2, -0.15) is 0 Å². The zero-order valence-corrected chi connectivity index (χ0v) is 17.6. The van der Waals surface area contributed by atoms with Crippen LogP contribution in [0.5, 0.6) is 11.5 Å². The third-order valence-electron chi connectivity index (χ3n) is 6.01. The lowest BCUT2D eigenvalue weighted by Crippen LogP contribution is -2.63. The Bertz CT molecular complexity index is 980. The maximum absolute atomic E-state index is 12.9. The van der Waals surface area contributed by atoms with Crippen molar-refractivity contribution in [3.05, 3.63) is 53.3 Å². The van der Waals surface area contributed by atoms with Gasteiger partial charge in [0, 0.05) is 44.4 Å². The van der Waals surface area contributed by atoms with Crippen molar-refractivity contribution >= 4 is 23.5 Å². The Morgan fingerprint density at radius 3 is 2.71 bits per heavy atom. The summed E-state index contributed by atoms with van der Waals surface area (Å²) in [5, 5.41) is 3.46. The third kappa shape index (κ3) is 4.31. The Hall–Kier alpha value is -2.84. The monoisotopic (exact) mass is 442 g/mol. The quantitative estimate of drug-likeness (QED) is 0.790. The highest BCUT2D eigenvalue weighted by Gasteiger charge is 2.40. The Kier molecular flexibility index (Phi) is 5.41. The maximum Gasteiger partial charge on any atom is 0.320 e. The number of amides is 3. The summed E-state index contributed by atoms with van der Waals surface area (Å²) < 4.78 is 11.3. The Morgan fingerprint density at radius 2 is 1.94 bits per heavy atom. The summed E-state index contributed by atoms with van der Waals surface area (Å²) in [6, 6.07) is 9.52. The van der Waals surface area contributed by atoms with Crippen LogP contribution in [0, 0.1) is 0 Å². The molecule has 3 saturated heterocycles. The number of aromatic nitrogens is 1. The molecule has 0 spiro atoms. The van der Waals surface area contributed by atoms with E-state index in [1.165, 1.54) is 5.56 Å². The van der Waals surface area contributed by atoms with Crippen LogP contribution < -0.4 is 10.1 Å². The van der Waals surface area contributed by atoms with Crippen molar-refractivity contribution in [2.24, 2.45) is 0 Å². The van der Waals surface area contributed by atoms with Crippen molar-refractivity contribution in [1.29, 1.82) is 0 Å². The second-order valence-electron chi connectivity index (χ2n) is 8.15. The summed E-state index contributed by atoms with van der Waals surface area (Å²) in [5.74, 6) is 1.49. The number of morpholine rings is 1. The highest BCUT2D eigenvalue weighted by atomic mass is 35.5. The first-order chi connectivity index (χ1) is 15.0. The second-order valence-corrected chi connectivity index (χ2v) is 8.59. The number of hydrogen-bond donors (Lipinski definition) is 1. The zero-order chi connectivity index (χ0) is 21.4. The molecule has 2 aromatic rings. The Balaban J connectivity index is 1.13. The molecule has 4 heterocycles. The van der Waals surface area contributed by atoms with Crippen LogP contribution in [-0.4, -0.2) is 71.7 Å². The number of fused-ring (bicyclic) bond motifs is 1. The van der Waals surface area contributed by atoms with E-state index in [4.69, 9.17) is 21.1 Å². The van der Waals surface area contributed by atoms with Gasteiger partial charge in [-0.15, -0.1) is 0 Å². The van der Waals surface area contributed by atoms with E-state index in [9.17, 15) is 9.59 Å². The van der Waals surface area contributed by atoms with Crippen molar-refractivity contribution < 1.29 is 19.1 Å². The van der Waals surface area contributed by atoms with Gasteiger partial charge in [0.15, 0.2) is 0 Å². The van der Waals surface area contributed by atoms with Gasteiger partial charge in [-0.25, -0.2) is 4.79 Å². The fourth-order valence-electron chi connectivity index (χ4n) is 4.31. The Labute approximate surface area is 185 Å². The molecule has 0 aliphatic carbocycles. The number of rotatable bonds is 3. The lowest BCUT2D eigenvalue weighted by atomic mass is 9.91. The number of carbonyl (C=O) groups is 2. The van der Waals surface area contributed by atoms with Crippen LogP contribution in [-0.2, 0) is 9.53 Å².